The molecule has 2 heterocycles. The van der Waals surface area contributed by atoms with Crippen LogP contribution in [0.2, 0.25) is 15.1 Å². The van der Waals surface area contributed by atoms with Crippen LogP contribution in [0.15, 0.2) is 48.8 Å². The SMILES string of the molecule is Clc1ccc([C@H]2C[C@H](c3ccccc3Cl)Nc3ncnn32)c(Cl)c1. The summed E-state index contributed by atoms with van der Waals surface area (Å²) in [5, 5.41) is 9.70. The molecule has 1 aliphatic heterocycles. The molecular weight excluding hydrogens is 367 g/mol. The van der Waals surface area contributed by atoms with E-state index in [-0.39, 0.29) is 12.1 Å². The van der Waals surface area contributed by atoms with Crippen LogP contribution in [0.1, 0.15) is 29.6 Å². The maximum absolute atomic E-state index is 6.43. The van der Waals surface area contributed by atoms with Crippen LogP contribution in [0.3, 0.4) is 0 Å². The van der Waals surface area contributed by atoms with Gasteiger partial charge in [-0.2, -0.15) is 10.1 Å². The summed E-state index contributed by atoms with van der Waals surface area (Å²) < 4.78 is 1.85. The van der Waals surface area contributed by atoms with E-state index in [1.54, 1.807) is 6.07 Å². The molecule has 1 aliphatic rings. The molecule has 0 bridgehead atoms. The molecule has 2 atom stereocenters. The summed E-state index contributed by atoms with van der Waals surface area (Å²) in [5.41, 5.74) is 2.00. The molecule has 0 amide bonds. The summed E-state index contributed by atoms with van der Waals surface area (Å²) in [5.74, 6) is 0.696. The third-order valence-electron chi connectivity index (χ3n) is 4.23. The third-order valence-corrected chi connectivity index (χ3v) is 5.14. The lowest BCUT2D eigenvalue weighted by atomic mass is 9.93. The molecule has 0 unspecified atom stereocenters. The van der Waals surface area contributed by atoms with Crippen molar-refractivity contribution in [2.24, 2.45) is 0 Å². The van der Waals surface area contributed by atoms with Crippen molar-refractivity contribution in [1.29, 1.82) is 0 Å². The van der Waals surface area contributed by atoms with Crippen LogP contribution in [0.25, 0.3) is 0 Å². The number of nitrogens with one attached hydrogen (secondary N) is 1. The molecule has 24 heavy (non-hydrogen) atoms. The van der Waals surface area contributed by atoms with Crippen molar-refractivity contribution >= 4 is 40.8 Å². The molecule has 3 aromatic rings. The Morgan fingerprint density at radius 1 is 1.00 bits per heavy atom. The van der Waals surface area contributed by atoms with Gasteiger partial charge in [0.25, 0.3) is 0 Å². The number of fused-ring (bicyclic) bond motifs is 1. The zero-order valence-corrected chi connectivity index (χ0v) is 14.7. The van der Waals surface area contributed by atoms with E-state index in [1.165, 1.54) is 6.33 Å². The predicted octanol–water partition coefficient (Wildman–Crippen LogP) is 5.38. The molecule has 1 N–H and O–H groups in total. The molecule has 7 heteroatoms. The number of hydrogen-bond acceptors (Lipinski definition) is 3. The zero-order valence-electron chi connectivity index (χ0n) is 12.5. The van der Waals surface area contributed by atoms with E-state index < -0.39 is 0 Å². The topological polar surface area (TPSA) is 42.7 Å². The van der Waals surface area contributed by atoms with Crippen molar-refractivity contribution in [3.63, 3.8) is 0 Å². The maximum atomic E-state index is 6.43. The van der Waals surface area contributed by atoms with Crippen molar-refractivity contribution in [3.8, 4) is 0 Å². The Morgan fingerprint density at radius 2 is 1.83 bits per heavy atom. The Hall–Kier alpha value is -1.75. The Labute approximate surface area is 154 Å². The van der Waals surface area contributed by atoms with Crippen LogP contribution in [-0.2, 0) is 0 Å². The Bertz CT molecular complexity index is 893. The van der Waals surface area contributed by atoms with Crippen LogP contribution in [0.5, 0.6) is 0 Å². The monoisotopic (exact) mass is 378 g/mol. The lowest BCUT2D eigenvalue weighted by Crippen LogP contribution is -2.28. The fourth-order valence-corrected chi connectivity index (χ4v) is 3.91. The summed E-state index contributed by atoms with van der Waals surface area (Å²) in [6.45, 7) is 0. The van der Waals surface area contributed by atoms with Crippen molar-refractivity contribution in [1.82, 2.24) is 14.8 Å². The molecule has 0 aliphatic carbocycles. The van der Waals surface area contributed by atoms with Gasteiger partial charge in [-0.3, -0.25) is 0 Å². The Morgan fingerprint density at radius 3 is 2.62 bits per heavy atom. The quantitative estimate of drug-likeness (QED) is 0.649. The van der Waals surface area contributed by atoms with Gasteiger partial charge in [0.2, 0.25) is 5.95 Å². The standard InChI is InChI=1S/C17H13Cl3N4/c18-10-5-6-12(14(20)7-10)16-8-15(11-3-1-2-4-13(11)19)23-17-21-9-22-24(16)17/h1-7,9,15-16H,8H2,(H,21,22,23)/t15-,16-/m1/s1. The summed E-state index contributed by atoms with van der Waals surface area (Å²) in [6.07, 6.45) is 2.29. The van der Waals surface area contributed by atoms with Crippen molar-refractivity contribution in [2.75, 3.05) is 5.32 Å². The first kappa shape index (κ1) is 15.8. The van der Waals surface area contributed by atoms with Gasteiger partial charge in [-0.15, -0.1) is 0 Å². The fraction of sp³-hybridized carbons (Fsp3) is 0.176. The summed E-state index contributed by atoms with van der Waals surface area (Å²) in [4.78, 5) is 4.31. The smallest absolute Gasteiger partial charge is 0.222 e. The number of hydrogen-bond donors (Lipinski definition) is 1. The summed E-state index contributed by atoms with van der Waals surface area (Å²) in [7, 11) is 0. The van der Waals surface area contributed by atoms with Gasteiger partial charge in [-0.1, -0.05) is 59.1 Å². The molecule has 122 valence electrons. The fourth-order valence-electron chi connectivity index (χ4n) is 3.11. The van der Waals surface area contributed by atoms with E-state index in [9.17, 15) is 0 Å². The van der Waals surface area contributed by atoms with Gasteiger partial charge in [-0.25, -0.2) is 4.68 Å². The van der Waals surface area contributed by atoms with Gasteiger partial charge in [0.15, 0.2) is 0 Å². The molecule has 0 saturated carbocycles. The van der Waals surface area contributed by atoms with Gasteiger partial charge >= 0.3 is 0 Å². The molecule has 2 aromatic carbocycles. The second-order valence-corrected chi connectivity index (χ2v) is 6.91. The van der Waals surface area contributed by atoms with E-state index in [4.69, 9.17) is 34.8 Å². The van der Waals surface area contributed by atoms with Crippen molar-refractivity contribution in [3.05, 3.63) is 75.0 Å². The number of rotatable bonds is 2. The molecule has 4 rings (SSSR count). The molecular formula is C17H13Cl3N4. The normalized spacial score (nSPS) is 19.6. The second-order valence-electron chi connectivity index (χ2n) is 5.66. The zero-order chi connectivity index (χ0) is 16.7. The van der Waals surface area contributed by atoms with Crippen molar-refractivity contribution < 1.29 is 0 Å². The van der Waals surface area contributed by atoms with E-state index in [0.29, 0.717) is 16.0 Å². The Balaban J connectivity index is 1.78. The lowest BCUT2D eigenvalue weighted by molar-refractivity contribution is 0.431. The predicted molar refractivity (Wildman–Crippen MR) is 97.1 cm³/mol. The van der Waals surface area contributed by atoms with E-state index in [0.717, 1.165) is 22.6 Å². The largest absolute Gasteiger partial charge is 0.347 e. The highest BCUT2D eigenvalue weighted by atomic mass is 35.5. The summed E-state index contributed by atoms with van der Waals surface area (Å²) in [6, 6.07) is 13.3. The number of halogens is 3. The van der Waals surface area contributed by atoms with E-state index >= 15 is 0 Å². The summed E-state index contributed by atoms with van der Waals surface area (Å²) >= 11 is 18.8. The minimum absolute atomic E-state index is 0.0205. The minimum Gasteiger partial charge on any atom is -0.347 e. The number of benzene rings is 2. The van der Waals surface area contributed by atoms with Gasteiger partial charge < -0.3 is 5.32 Å². The van der Waals surface area contributed by atoms with Crippen LogP contribution < -0.4 is 5.32 Å². The van der Waals surface area contributed by atoms with Crippen LogP contribution >= 0.6 is 34.8 Å². The highest BCUT2D eigenvalue weighted by molar-refractivity contribution is 6.35. The first-order chi connectivity index (χ1) is 11.6. The minimum atomic E-state index is -0.0465. The molecule has 0 spiro atoms. The highest BCUT2D eigenvalue weighted by Crippen LogP contribution is 2.41. The lowest BCUT2D eigenvalue weighted by Gasteiger charge is -2.32. The average molecular weight is 380 g/mol. The van der Waals surface area contributed by atoms with Gasteiger partial charge in [0.05, 0.1) is 12.1 Å². The molecule has 1 aromatic heterocycles. The van der Waals surface area contributed by atoms with Crippen molar-refractivity contribution in [2.45, 2.75) is 18.5 Å². The first-order valence-electron chi connectivity index (χ1n) is 7.49. The van der Waals surface area contributed by atoms with Gasteiger partial charge in [0.1, 0.15) is 6.33 Å². The second kappa shape index (κ2) is 6.28. The van der Waals surface area contributed by atoms with Crippen LogP contribution in [-0.4, -0.2) is 14.8 Å². The van der Waals surface area contributed by atoms with Crippen LogP contribution in [0.4, 0.5) is 5.95 Å². The highest BCUT2D eigenvalue weighted by Gasteiger charge is 2.31. The van der Waals surface area contributed by atoms with Gasteiger partial charge in [0, 0.05) is 15.1 Å². The maximum Gasteiger partial charge on any atom is 0.222 e. The third kappa shape index (κ3) is 2.75. The number of aromatic nitrogens is 3. The molecule has 0 saturated heterocycles. The Kier molecular flexibility index (Phi) is 4.12. The van der Waals surface area contributed by atoms with E-state index in [1.807, 2.05) is 41.1 Å². The molecule has 4 nitrogen and oxygen atoms in total. The molecule has 0 radical (unpaired) electrons. The van der Waals surface area contributed by atoms with Gasteiger partial charge in [-0.05, 0) is 35.7 Å². The average Bonchev–Trinajstić information content (AvgIpc) is 3.03. The molecule has 0 fully saturated rings. The first-order valence-corrected chi connectivity index (χ1v) is 8.62. The van der Waals surface area contributed by atoms with Crippen LogP contribution in [0, 0.1) is 0 Å². The number of nitrogens with zero attached hydrogens (tertiary/aromatic N) is 3. The van der Waals surface area contributed by atoms with E-state index in [2.05, 4.69) is 15.4 Å². The number of anilines is 1.